The number of piperidine rings is 1. The molecule has 0 radical (unpaired) electrons. The maximum atomic E-state index is 13.4. The Bertz CT molecular complexity index is 1710. The molecule has 1 aliphatic heterocycles. The van der Waals surface area contributed by atoms with Gasteiger partial charge in [-0.05, 0) is 51.0 Å². The minimum Gasteiger partial charge on any atom is -0.478 e. The molecule has 45 heavy (non-hydrogen) atoms. The van der Waals surface area contributed by atoms with Crippen LogP contribution in [0.3, 0.4) is 0 Å². The van der Waals surface area contributed by atoms with Gasteiger partial charge in [-0.15, -0.1) is 0 Å². The lowest BCUT2D eigenvalue weighted by Gasteiger charge is -2.37. The van der Waals surface area contributed by atoms with Crippen molar-refractivity contribution in [2.45, 2.75) is 71.2 Å². The number of hydrogen-bond acceptors (Lipinski definition) is 10. The predicted molar refractivity (Wildman–Crippen MR) is 152 cm³/mol. The topological polar surface area (TPSA) is 149 Å². The number of hydrogen-bond donors (Lipinski definition) is 1. The minimum atomic E-state index is -2.94. The highest BCUT2D eigenvalue weighted by Gasteiger charge is 2.29. The Morgan fingerprint density at radius 3 is 2.78 bits per heavy atom. The number of imidazole rings is 1. The van der Waals surface area contributed by atoms with Crippen molar-refractivity contribution in [1.29, 1.82) is 5.26 Å². The summed E-state index contributed by atoms with van der Waals surface area (Å²) < 4.78 is 57.3. The third kappa shape index (κ3) is 7.83. The minimum absolute atomic E-state index is 0.0260. The first-order chi connectivity index (χ1) is 21.6. The van der Waals surface area contributed by atoms with Crippen LogP contribution in [-0.4, -0.2) is 71.9 Å². The van der Waals surface area contributed by atoms with Gasteiger partial charge in [-0.2, -0.15) is 19.0 Å². The number of benzene rings is 1. The number of nitriles is 1. The zero-order valence-corrected chi connectivity index (χ0v) is 24.4. The molecule has 236 valence electrons. The second kappa shape index (κ2) is 13.9. The Labute approximate surface area is 256 Å². The van der Waals surface area contributed by atoms with Crippen molar-refractivity contribution in [1.82, 2.24) is 29.4 Å². The number of aromatic nitrogens is 5. The Balaban J connectivity index is 1.24. The average molecular weight is 626 g/mol. The highest BCUT2D eigenvalue weighted by atomic mass is 19.3. The number of aromatic carboxylic acids is 1. The van der Waals surface area contributed by atoms with E-state index in [4.69, 9.17) is 14.5 Å². The van der Waals surface area contributed by atoms with Crippen LogP contribution in [0.4, 0.5) is 13.2 Å². The average Bonchev–Trinajstić information content (AvgIpc) is 3.33. The van der Waals surface area contributed by atoms with Gasteiger partial charge in [0.15, 0.2) is 5.82 Å². The maximum Gasteiger partial charge on any atom is 0.345 e. The van der Waals surface area contributed by atoms with E-state index in [1.807, 2.05) is 6.07 Å². The fourth-order valence-electron chi connectivity index (χ4n) is 5.25. The molecule has 1 fully saturated rings. The number of alkyl halides is 2. The maximum absolute atomic E-state index is 13.4. The summed E-state index contributed by atoms with van der Waals surface area (Å²) in [6.07, 6.45) is 2.82. The molecule has 15 heteroatoms. The van der Waals surface area contributed by atoms with E-state index in [0.717, 1.165) is 12.3 Å². The molecule has 3 aromatic heterocycles. The molecule has 5 rings (SSSR count). The summed E-state index contributed by atoms with van der Waals surface area (Å²) in [6, 6.07) is 9.12. The van der Waals surface area contributed by atoms with E-state index in [9.17, 15) is 28.3 Å². The molecular weight excluding hydrogens is 595 g/mol. The number of likely N-dealkylation sites (tertiary alicyclic amines) is 1. The lowest BCUT2D eigenvalue weighted by Crippen LogP contribution is -2.44. The highest BCUT2D eigenvalue weighted by Crippen LogP contribution is 2.26. The monoisotopic (exact) mass is 625 g/mol. The van der Waals surface area contributed by atoms with Crippen LogP contribution in [0, 0.1) is 17.1 Å². The number of carboxylic acid groups (broad SMARTS) is 1. The molecule has 1 aliphatic rings. The van der Waals surface area contributed by atoms with Crippen molar-refractivity contribution in [3.63, 3.8) is 0 Å². The van der Waals surface area contributed by atoms with Crippen LogP contribution in [0.15, 0.2) is 42.7 Å². The molecule has 4 heterocycles. The van der Waals surface area contributed by atoms with Gasteiger partial charge in [-0.25, -0.2) is 24.1 Å². The van der Waals surface area contributed by atoms with Crippen LogP contribution in [0.25, 0.3) is 11.0 Å². The first-order valence-electron chi connectivity index (χ1n) is 14.2. The SMILES string of the molecule is C[C@H](Cn1c(CN2CC[C@H](Oc3ccnc(COc4ncc(F)cc4C#N)n3)C[C@@H]2C)nc2ccc(C(=O)O)cc21)OC(F)F. The fraction of sp³-hybridized carbons (Fsp3) is 0.400. The number of nitrogens with zero attached hydrogens (tertiary/aromatic N) is 7. The van der Waals surface area contributed by atoms with Gasteiger partial charge < -0.3 is 23.9 Å². The van der Waals surface area contributed by atoms with Gasteiger partial charge in [0.05, 0.1) is 42.0 Å². The van der Waals surface area contributed by atoms with Crippen molar-refractivity contribution >= 4 is 17.0 Å². The van der Waals surface area contributed by atoms with E-state index in [1.54, 1.807) is 16.7 Å². The van der Waals surface area contributed by atoms with Crippen molar-refractivity contribution < 1.29 is 37.3 Å². The first-order valence-corrected chi connectivity index (χ1v) is 14.2. The van der Waals surface area contributed by atoms with Gasteiger partial charge in [0.25, 0.3) is 0 Å². The lowest BCUT2D eigenvalue weighted by molar-refractivity contribution is -0.160. The Morgan fingerprint density at radius 2 is 2.04 bits per heavy atom. The third-order valence-corrected chi connectivity index (χ3v) is 7.40. The second-order valence-electron chi connectivity index (χ2n) is 10.7. The van der Waals surface area contributed by atoms with Crippen molar-refractivity contribution in [3.8, 4) is 17.8 Å². The third-order valence-electron chi connectivity index (χ3n) is 7.40. The van der Waals surface area contributed by atoms with Gasteiger partial charge in [0, 0.05) is 24.8 Å². The summed E-state index contributed by atoms with van der Waals surface area (Å²) in [5.74, 6) is -0.511. The summed E-state index contributed by atoms with van der Waals surface area (Å²) in [4.78, 5) is 30.9. The van der Waals surface area contributed by atoms with Crippen LogP contribution in [0.2, 0.25) is 0 Å². The van der Waals surface area contributed by atoms with E-state index in [1.165, 1.54) is 25.3 Å². The van der Waals surface area contributed by atoms with Crippen LogP contribution in [0.1, 0.15) is 54.3 Å². The zero-order valence-electron chi connectivity index (χ0n) is 24.4. The molecule has 1 aromatic carbocycles. The predicted octanol–water partition coefficient (Wildman–Crippen LogP) is 4.57. The normalized spacial score (nSPS) is 17.7. The van der Waals surface area contributed by atoms with Crippen LogP contribution in [0.5, 0.6) is 11.8 Å². The quantitative estimate of drug-likeness (QED) is 0.236. The molecular formula is C30H30F3N7O5. The summed E-state index contributed by atoms with van der Waals surface area (Å²) in [5, 5.41) is 18.7. The molecule has 0 saturated carbocycles. The summed E-state index contributed by atoms with van der Waals surface area (Å²) >= 11 is 0. The second-order valence-corrected chi connectivity index (χ2v) is 10.7. The number of rotatable bonds is 12. The van der Waals surface area contributed by atoms with E-state index in [0.29, 0.717) is 54.5 Å². The summed E-state index contributed by atoms with van der Waals surface area (Å²) in [6.45, 7) is 1.67. The molecule has 0 aliphatic carbocycles. The van der Waals surface area contributed by atoms with E-state index < -0.39 is 24.5 Å². The van der Waals surface area contributed by atoms with E-state index in [2.05, 4.69) is 31.5 Å². The molecule has 1 N–H and O–H groups in total. The van der Waals surface area contributed by atoms with Crippen molar-refractivity contribution in [2.75, 3.05) is 6.54 Å². The van der Waals surface area contributed by atoms with Gasteiger partial charge in [-0.3, -0.25) is 4.90 Å². The van der Waals surface area contributed by atoms with Gasteiger partial charge in [0.2, 0.25) is 11.8 Å². The van der Waals surface area contributed by atoms with Crippen LogP contribution < -0.4 is 9.47 Å². The molecule has 0 unspecified atom stereocenters. The zero-order chi connectivity index (χ0) is 32.1. The van der Waals surface area contributed by atoms with Gasteiger partial charge >= 0.3 is 12.6 Å². The van der Waals surface area contributed by atoms with E-state index >= 15 is 0 Å². The molecule has 4 aromatic rings. The van der Waals surface area contributed by atoms with Gasteiger partial charge in [-0.1, -0.05) is 0 Å². The fourth-order valence-corrected chi connectivity index (χ4v) is 5.25. The number of carboxylic acids is 1. The summed E-state index contributed by atoms with van der Waals surface area (Å²) in [5.41, 5.74) is 1.12. The molecule has 1 saturated heterocycles. The molecule has 0 amide bonds. The first kappa shape index (κ1) is 31.6. The Hall–Kier alpha value is -4.81. The molecule has 12 nitrogen and oxygen atoms in total. The van der Waals surface area contributed by atoms with Crippen LogP contribution in [-0.2, 0) is 24.4 Å². The smallest absolute Gasteiger partial charge is 0.345 e. The number of pyridine rings is 1. The van der Waals surface area contributed by atoms with E-state index in [-0.39, 0.29) is 42.3 Å². The molecule has 3 atom stereocenters. The highest BCUT2D eigenvalue weighted by molar-refractivity contribution is 5.92. The Kier molecular flexibility index (Phi) is 9.74. The standard InChI is InChI=1S/C30H30F3N7O5/c1-17-9-22(45-27-5-7-35-25(38-27)16-43-28-20(12-34)10-21(31)13-36-28)6-8-39(17)15-26-37-23-4-3-19(29(41)42)11-24(23)40(26)14-18(2)44-30(32)33/h3-5,7,10-11,13,17-18,22,30H,6,8-9,14-16H2,1-2H3,(H,41,42)/t17-,18+,22-/m0/s1. The lowest BCUT2D eigenvalue weighted by atomic mass is 10.0. The number of carbonyl (C=O) groups is 1. The van der Waals surface area contributed by atoms with Crippen molar-refractivity contribution in [3.05, 3.63) is 71.3 Å². The molecule has 0 spiro atoms. The number of halogens is 3. The summed E-state index contributed by atoms with van der Waals surface area (Å²) in [7, 11) is 0. The van der Waals surface area contributed by atoms with Crippen LogP contribution >= 0.6 is 0 Å². The van der Waals surface area contributed by atoms with Crippen molar-refractivity contribution in [2.24, 2.45) is 0 Å². The number of fused-ring (bicyclic) bond motifs is 1. The Morgan fingerprint density at radius 1 is 1.22 bits per heavy atom. The molecule has 0 bridgehead atoms. The van der Waals surface area contributed by atoms with Gasteiger partial charge in [0.1, 0.15) is 36.0 Å². The largest absolute Gasteiger partial charge is 0.478 e. The number of ether oxygens (including phenoxy) is 3.